The summed E-state index contributed by atoms with van der Waals surface area (Å²) in [6.45, 7) is 3.91. The molecule has 19 heavy (non-hydrogen) atoms. The topological polar surface area (TPSA) is 54.9 Å². The van der Waals surface area contributed by atoms with Gasteiger partial charge in [-0.15, -0.1) is 0 Å². The first-order valence-electron chi connectivity index (χ1n) is 6.05. The van der Waals surface area contributed by atoms with Crippen LogP contribution in [0.4, 0.5) is 0 Å². The minimum atomic E-state index is -0.469. The lowest BCUT2D eigenvalue weighted by Crippen LogP contribution is -2.37. The Morgan fingerprint density at radius 2 is 1.89 bits per heavy atom. The van der Waals surface area contributed by atoms with Crippen LogP contribution in [0, 0.1) is 6.92 Å². The summed E-state index contributed by atoms with van der Waals surface area (Å²) in [7, 11) is 0. The highest BCUT2D eigenvalue weighted by atomic mass is 35.5. The Kier molecular flexibility index (Phi) is 3.90. The summed E-state index contributed by atoms with van der Waals surface area (Å²) < 4.78 is 1.19. The van der Waals surface area contributed by atoms with Gasteiger partial charge in [0.25, 0.3) is 5.56 Å². The van der Waals surface area contributed by atoms with Crippen LogP contribution in [-0.4, -0.2) is 9.55 Å². The third-order valence-corrected chi connectivity index (χ3v) is 3.56. The van der Waals surface area contributed by atoms with Crippen molar-refractivity contribution in [3.05, 3.63) is 67.4 Å². The van der Waals surface area contributed by atoms with Gasteiger partial charge in [0.2, 0.25) is 0 Å². The first kappa shape index (κ1) is 13.6. The lowest BCUT2D eigenvalue weighted by molar-refractivity contribution is 0.551. The number of halogens is 1. The van der Waals surface area contributed by atoms with E-state index in [9.17, 15) is 9.59 Å². The molecule has 0 radical (unpaired) electrons. The maximum Gasteiger partial charge on any atom is 0.329 e. The van der Waals surface area contributed by atoms with Crippen LogP contribution in [0.15, 0.2) is 39.9 Å². The maximum atomic E-state index is 12.0. The van der Waals surface area contributed by atoms with E-state index in [1.807, 2.05) is 37.3 Å². The molecule has 1 aromatic heterocycles. The summed E-state index contributed by atoms with van der Waals surface area (Å²) in [4.78, 5) is 26.3. The lowest BCUT2D eigenvalue weighted by atomic mass is 10.0. The Hall–Kier alpha value is -1.81. The third kappa shape index (κ3) is 2.79. The van der Waals surface area contributed by atoms with Gasteiger partial charge in [-0.3, -0.25) is 14.3 Å². The van der Waals surface area contributed by atoms with E-state index in [1.165, 1.54) is 4.57 Å². The van der Waals surface area contributed by atoms with Gasteiger partial charge >= 0.3 is 5.69 Å². The first-order chi connectivity index (χ1) is 9.00. The number of benzene rings is 1. The monoisotopic (exact) mass is 278 g/mol. The molecule has 1 heterocycles. The molecule has 0 aliphatic carbocycles. The molecule has 1 atom stereocenters. The quantitative estimate of drug-likeness (QED) is 0.876. The zero-order chi connectivity index (χ0) is 14.0. The predicted octanol–water partition coefficient (Wildman–Crippen LogP) is 2.30. The van der Waals surface area contributed by atoms with E-state index in [-0.39, 0.29) is 16.6 Å². The second-order valence-corrected chi connectivity index (χ2v) is 4.97. The van der Waals surface area contributed by atoms with Crippen molar-refractivity contribution in [3.63, 3.8) is 0 Å². The lowest BCUT2D eigenvalue weighted by Gasteiger charge is -2.13. The molecule has 1 unspecified atom stereocenters. The van der Waals surface area contributed by atoms with E-state index in [1.54, 1.807) is 6.92 Å². The van der Waals surface area contributed by atoms with Crippen LogP contribution >= 0.6 is 11.6 Å². The number of H-pyrrole nitrogens is 1. The third-order valence-electron chi connectivity index (χ3n) is 3.18. The number of hydrogen-bond donors (Lipinski definition) is 1. The minimum absolute atomic E-state index is 0.0700. The summed E-state index contributed by atoms with van der Waals surface area (Å²) >= 11 is 5.78. The van der Waals surface area contributed by atoms with Crippen molar-refractivity contribution >= 4 is 11.6 Å². The van der Waals surface area contributed by atoms with Gasteiger partial charge in [0.15, 0.2) is 0 Å². The number of aromatic amines is 1. The highest BCUT2D eigenvalue weighted by Crippen LogP contribution is 2.15. The summed E-state index contributed by atoms with van der Waals surface area (Å²) in [6, 6.07) is 9.76. The fourth-order valence-corrected chi connectivity index (χ4v) is 2.13. The zero-order valence-electron chi connectivity index (χ0n) is 10.8. The van der Waals surface area contributed by atoms with Crippen molar-refractivity contribution in [3.8, 4) is 0 Å². The molecule has 0 spiro atoms. The second-order valence-electron chi connectivity index (χ2n) is 4.60. The van der Waals surface area contributed by atoms with Crippen molar-refractivity contribution in [1.82, 2.24) is 9.55 Å². The fraction of sp³-hybridized carbons (Fsp3) is 0.286. The Balaban J connectivity index is 2.38. The SMILES string of the molecule is Cc1c(Cl)[nH]c(=O)n(CC(C)c2ccccc2)c1=O. The van der Waals surface area contributed by atoms with Gasteiger partial charge in [-0.1, -0.05) is 48.9 Å². The summed E-state index contributed by atoms with van der Waals surface area (Å²) in [6.07, 6.45) is 0. The van der Waals surface area contributed by atoms with Gasteiger partial charge in [0, 0.05) is 12.1 Å². The molecular weight excluding hydrogens is 264 g/mol. The molecule has 2 rings (SSSR count). The molecule has 0 fully saturated rings. The first-order valence-corrected chi connectivity index (χ1v) is 6.42. The van der Waals surface area contributed by atoms with E-state index in [0.717, 1.165) is 5.56 Å². The largest absolute Gasteiger partial charge is 0.329 e. The van der Waals surface area contributed by atoms with Crippen LogP contribution in [0.2, 0.25) is 5.15 Å². The Bertz CT molecular complexity index is 689. The van der Waals surface area contributed by atoms with Gasteiger partial charge in [0.05, 0.1) is 0 Å². The Morgan fingerprint density at radius 3 is 2.53 bits per heavy atom. The molecule has 0 saturated carbocycles. The second kappa shape index (κ2) is 5.45. The molecule has 1 aromatic carbocycles. The van der Waals surface area contributed by atoms with Crippen LogP contribution in [0.5, 0.6) is 0 Å². The number of nitrogens with one attached hydrogen (secondary N) is 1. The van der Waals surface area contributed by atoms with E-state index in [0.29, 0.717) is 12.1 Å². The summed E-state index contributed by atoms with van der Waals surface area (Å²) in [5, 5.41) is 0.110. The summed E-state index contributed by atoms with van der Waals surface area (Å²) in [5.74, 6) is 0.0700. The average molecular weight is 279 g/mol. The number of nitrogens with zero attached hydrogens (tertiary/aromatic N) is 1. The number of hydrogen-bond acceptors (Lipinski definition) is 2. The van der Waals surface area contributed by atoms with Gasteiger partial charge in [0.1, 0.15) is 5.15 Å². The number of rotatable bonds is 3. The standard InChI is InChI=1S/C14H15ClN2O2/c1-9(11-6-4-3-5-7-11)8-17-13(18)10(2)12(15)16-14(17)19/h3-7,9H,8H2,1-2H3,(H,16,19). The highest BCUT2D eigenvalue weighted by molar-refractivity contribution is 6.30. The molecule has 0 amide bonds. The summed E-state index contributed by atoms with van der Waals surface area (Å²) in [5.41, 5.74) is 0.642. The van der Waals surface area contributed by atoms with Gasteiger partial charge < -0.3 is 0 Å². The molecule has 0 aliphatic rings. The van der Waals surface area contributed by atoms with Crippen molar-refractivity contribution in [1.29, 1.82) is 0 Å². The molecule has 0 saturated heterocycles. The zero-order valence-corrected chi connectivity index (χ0v) is 11.6. The normalized spacial score (nSPS) is 12.4. The fourth-order valence-electron chi connectivity index (χ4n) is 1.97. The van der Waals surface area contributed by atoms with Crippen LogP contribution in [0.3, 0.4) is 0 Å². The molecule has 5 heteroatoms. The molecule has 100 valence electrons. The van der Waals surface area contributed by atoms with Gasteiger partial charge in [-0.25, -0.2) is 4.79 Å². The van der Waals surface area contributed by atoms with Gasteiger partial charge in [-0.05, 0) is 18.4 Å². The van der Waals surface area contributed by atoms with E-state index < -0.39 is 5.69 Å². The van der Waals surface area contributed by atoms with E-state index in [4.69, 9.17) is 11.6 Å². The van der Waals surface area contributed by atoms with Crippen LogP contribution in [0.25, 0.3) is 0 Å². The van der Waals surface area contributed by atoms with Crippen molar-refractivity contribution in [2.75, 3.05) is 0 Å². The smallest absolute Gasteiger partial charge is 0.297 e. The predicted molar refractivity (Wildman–Crippen MR) is 75.9 cm³/mol. The van der Waals surface area contributed by atoms with Crippen LogP contribution < -0.4 is 11.2 Å². The molecular formula is C14H15ClN2O2. The van der Waals surface area contributed by atoms with Crippen molar-refractivity contribution in [2.45, 2.75) is 26.3 Å². The Morgan fingerprint density at radius 1 is 1.26 bits per heavy atom. The van der Waals surface area contributed by atoms with Crippen molar-refractivity contribution < 1.29 is 0 Å². The molecule has 1 N–H and O–H groups in total. The molecule has 4 nitrogen and oxygen atoms in total. The average Bonchev–Trinajstić information content (AvgIpc) is 2.42. The molecule has 2 aromatic rings. The van der Waals surface area contributed by atoms with Crippen LogP contribution in [-0.2, 0) is 6.54 Å². The van der Waals surface area contributed by atoms with Crippen LogP contribution in [0.1, 0.15) is 24.0 Å². The highest BCUT2D eigenvalue weighted by Gasteiger charge is 2.12. The van der Waals surface area contributed by atoms with E-state index >= 15 is 0 Å². The maximum absolute atomic E-state index is 12.0. The van der Waals surface area contributed by atoms with E-state index in [2.05, 4.69) is 4.98 Å². The van der Waals surface area contributed by atoms with Crippen molar-refractivity contribution in [2.24, 2.45) is 0 Å². The Labute approximate surface area is 115 Å². The van der Waals surface area contributed by atoms with Gasteiger partial charge in [-0.2, -0.15) is 0 Å². The molecule has 0 bridgehead atoms. The minimum Gasteiger partial charge on any atom is -0.297 e. The number of aromatic nitrogens is 2. The molecule has 0 aliphatic heterocycles.